The standard InChI is InChI=1S/C15H11F4N3O2/c1-7-11(8-3-2-4-9(16)5-8)12-20-13(23)10(6-15(17,18)19)14(24)22(12)21-7/h2-5,24H,6H2,1H3,(H,20,23). The van der Waals surface area contributed by atoms with Crippen molar-refractivity contribution in [3.63, 3.8) is 0 Å². The number of halogens is 4. The van der Waals surface area contributed by atoms with Gasteiger partial charge in [-0.05, 0) is 24.6 Å². The van der Waals surface area contributed by atoms with Crippen LogP contribution >= 0.6 is 0 Å². The molecule has 2 heterocycles. The van der Waals surface area contributed by atoms with Gasteiger partial charge in [0.1, 0.15) is 11.5 Å². The van der Waals surface area contributed by atoms with Crippen LogP contribution in [0.25, 0.3) is 16.8 Å². The van der Waals surface area contributed by atoms with Crippen molar-refractivity contribution in [2.24, 2.45) is 0 Å². The van der Waals surface area contributed by atoms with Crippen LogP contribution in [0.5, 0.6) is 5.88 Å². The van der Waals surface area contributed by atoms with E-state index in [1.54, 1.807) is 6.07 Å². The van der Waals surface area contributed by atoms with E-state index in [1.165, 1.54) is 25.1 Å². The maximum atomic E-state index is 13.4. The fourth-order valence-electron chi connectivity index (χ4n) is 2.56. The molecule has 0 saturated carbocycles. The first-order chi connectivity index (χ1) is 11.2. The molecular formula is C15H11F4N3O2. The minimum atomic E-state index is -4.66. The van der Waals surface area contributed by atoms with Gasteiger partial charge in [-0.2, -0.15) is 22.8 Å². The first-order valence-electron chi connectivity index (χ1n) is 6.83. The van der Waals surface area contributed by atoms with Gasteiger partial charge in [-0.15, -0.1) is 0 Å². The third-order valence-corrected chi connectivity index (χ3v) is 3.53. The molecule has 126 valence electrons. The Morgan fingerprint density at radius 3 is 2.67 bits per heavy atom. The predicted octanol–water partition coefficient (Wildman–Crippen LogP) is 2.95. The summed E-state index contributed by atoms with van der Waals surface area (Å²) in [6, 6.07) is 5.44. The van der Waals surface area contributed by atoms with Gasteiger partial charge in [0.05, 0.1) is 17.7 Å². The minimum absolute atomic E-state index is 0.00785. The largest absolute Gasteiger partial charge is 0.493 e. The van der Waals surface area contributed by atoms with E-state index in [9.17, 15) is 27.5 Å². The quantitative estimate of drug-likeness (QED) is 0.704. The molecule has 0 aliphatic carbocycles. The van der Waals surface area contributed by atoms with Crippen molar-refractivity contribution in [1.82, 2.24) is 14.6 Å². The van der Waals surface area contributed by atoms with E-state index in [0.29, 0.717) is 16.8 Å². The van der Waals surface area contributed by atoms with Crippen molar-refractivity contribution in [3.8, 4) is 17.0 Å². The molecule has 9 heteroatoms. The molecule has 0 saturated heterocycles. The van der Waals surface area contributed by atoms with Gasteiger partial charge in [-0.25, -0.2) is 4.39 Å². The van der Waals surface area contributed by atoms with E-state index < -0.39 is 35.4 Å². The first kappa shape index (κ1) is 16.0. The predicted molar refractivity (Wildman–Crippen MR) is 77.4 cm³/mol. The van der Waals surface area contributed by atoms with Crippen molar-refractivity contribution >= 4 is 5.65 Å². The third kappa shape index (κ3) is 2.72. The summed E-state index contributed by atoms with van der Waals surface area (Å²) in [5.41, 5.74) is -0.901. The summed E-state index contributed by atoms with van der Waals surface area (Å²) >= 11 is 0. The van der Waals surface area contributed by atoms with E-state index in [0.717, 1.165) is 4.52 Å². The second-order valence-corrected chi connectivity index (χ2v) is 5.28. The second kappa shape index (κ2) is 5.36. The second-order valence-electron chi connectivity index (χ2n) is 5.28. The Labute approximate surface area is 132 Å². The zero-order chi connectivity index (χ0) is 17.6. The van der Waals surface area contributed by atoms with Crippen LogP contribution in [0.15, 0.2) is 29.1 Å². The van der Waals surface area contributed by atoms with Crippen LogP contribution < -0.4 is 5.56 Å². The van der Waals surface area contributed by atoms with Crippen molar-refractivity contribution in [3.05, 3.63) is 51.7 Å². The summed E-state index contributed by atoms with van der Waals surface area (Å²) in [5.74, 6) is -1.41. The smallest absolute Gasteiger partial charge is 0.393 e. The molecule has 0 amide bonds. The number of rotatable bonds is 2. The number of aryl methyl sites for hydroxylation is 1. The van der Waals surface area contributed by atoms with Crippen LogP contribution in [0.4, 0.5) is 17.6 Å². The highest BCUT2D eigenvalue weighted by Gasteiger charge is 2.32. The minimum Gasteiger partial charge on any atom is -0.493 e. The molecule has 2 aromatic heterocycles. The SMILES string of the molecule is Cc1nn2c(O)c(CC(F)(F)F)c(=O)[nH]c2c1-c1cccc(F)c1. The van der Waals surface area contributed by atoms with Crippen LogP contribution in [-0.2, 0) is 6.42 Å². The number of nitrogens with zero attached hydrogens (tertiary/aromatic N) is 2. The maximum absolute atomic E-state index is 13.4. The van der Waals surface area contributed by atoms with Crippen LogP contribution in [0.3, 0.4) is 0 Å². The molecule has 24 heavy (non-hydrogen) atoms. The lowest BCUT2D eigenvalue weighted by Crippen LogP contribution is -2.22. The highest BCUT2D eigenvalue weighted by molar-refractivity contribution is 5.80. The molecule has 0 atom stereocenters. The fraction of sp³-hybridized carbons (Fsp3) is 0.200. The number of aromatic amines is 1. The Balaban J connectivity index is 2.29. The Morgan fingerprint density at radius 2 is 2.04 bits per heavy atom. The number of hydrogen-bond acceptors (Lipinski definition) is 3. The lowest BCUT2D eigenvalue weighted by atomic mass is 10.1. The lowest BCUT2D eigenvalue weighted by Gasteiger charge is -2.09. The Morgan fingerprint density at radius 1 is 1.33 bits per heavy atom. The molecule has 2 N–H and O–H groups in total. The molecule has 0 bridgehead atoms. The number of alkyl halides is 3. The van der Waals surface area contributed by atoms with E-state index >= 15 is 0 Å². The van der Waals surface area contributed by atoms with E-state index in [-0.39, 0.29) is 5.65 Å². The molecule has 0 unspecified atom stereocenters. The zero-order valence-electron chi connectivity index (χ0n) is 12.3. The number of aromatic nitrogens is 3. The number of fused-ring (bicyclic) bond motifs is 1. The van der Waals surface area contributed by atoms with Crippen LogP contribution in [0.2, 0.25) is 0 Å². The molecule has 0 aliphatic heterocycles. The van der Waals surface area contributed by atoms with Gasteiger partial charge in [0.2, 0.25) is 5.88 Å². The summed E-state index contributed by atoms with van der Waals surface area (Å²) in [6.45, 7) is 1.54. The molecular weight excluding hydrogens is 330 g/mol. The van der Waals surface area contributed by atoms with Gasteiger partial charge in [0.25, 0.3) is 5.56 Å². The molecule has 0 fully saturated rings. The van der Waals surface area contributed by atoms with E-state index in [2.05, 4.69) is 10.1 Å². The monoisotopic (exact) mass is 341 g/mol. The van der Waals surface area contributed by atoms with Gasteiger partial charge in [-0.1, -0.05) is 12.1 Å². The lowest BCUT2D eigenvalue weighted by molar-refractivity contribution is -0.127. The molecule has 0 radical (unpaired) electrons. The fourth-order valence-corrected chi connectivity index (χ4v) is 2.56. The summed E-state index contributed by atoms with van der Waals surface area (Å²) in [4.78, 5) is 14.3. The average Bonchev–Trinajstić information content (AvgIpc) is 2.79. The normalized spacial score (nSPS) is 12.0. The highest BCUT2D eigenvalue weighted by Crippen LogP contribution is 2.31. The number of benzene rings is 1. The molecule has 3 rings (SSSR count). The topological polar surface area (TPSA) is 70.4 Å². The molecule has 0 aliphatic rings. The summed E-state index contributed by atoms with van der Waals surface area (Å²) in [6.07, 6.45) is -6.25. The Hall–Kier alpha value is -2.84. The van der Waals surface area contributed by atoms with Crippen molar-refractivity contribution in [2.45, 2.75) is 19.5 Å². The van der Waals surface area contributed by atoms with Crippen molar-refractivity contribution < 1.29 is 22.7 Å². The summed E-state index contributed by atoms with van der Waals surface area (Å²) in [7, 11) is 0. The van der Waals surface area contributed by atoms with Crippen LogP contribution in [-0.4, -0.2) is 25.9 Å². The Bertz CT molecular complexity index is 989. The summed E-state index contributed by atoms with van der Waals surface area (Å²) < 4.78 is 51.9. The van der Waals surface area contributed by atoms with E-state index in [4.69, 9.17) is 0 Å². The molecule has 5 nitrogen and oxygen atoms in total. The number of aromatic hydroxyl groups is 1. The molecule has 1 aromatic carbocycles. The van der Waals surface area contributed by atoms with Gasteiger partial charge in [-0.3, -0.25) is 4.79 Å². The van der Waals surface area contributed by atoms with Gasteiger partial charge < -0.3 is 10.1 Å². The number of nitrogens with one attached hydrogen (secondary N) is 1. The van der Waals surface area contributed by atoms with Crippen LogP contribution in [0, 0.1) is 12.7 Å². The van der Waals surface area contributed by atoms with E-state index in [1.807, 2.05) is 0 Å². The van der Waals surface area contributed by atoms with Crippen LogP contribution in [0.1, 0.15) is 11.3 Å². The van der Waals surface area contributed by atoms with Gasteiger partial charge >= 0.3 is 6.18 Å². The Kier molecular flexibility index (Phi) is 3.58. The average molecular weight is 341 g/mol. The third-order valence-electron chi connectivity index (χ3n) is 3.53. The zero-order valence-corrected chi connectivity index (χ0v) is 12.3. The number of H-pyrrole nitrogens is 1. The molecule has 3 aromatic rings. The molecule has 0 spiro atoms. The maximum Gasteiger partial charge on any atom is 0.393 e. The number of hydrogen-bond donors (Lipinski definition) is 2. The van der Waals surface area contributed by atoms with Crippen molar-refractivity contribution in [1.29, 1.82) is 0 Å². The summed E-state index contributed by atoms with van der Waals surface area (Å²) in [5, 5.41) is 14.0. The van der Waals surface area contributed by atoms with Gasteiger partial charge in [0.15, 0.2) is 0 Å². The van der Waals surface area contributed by atoms with Crippen molar-refractivity contribution in [2.75, 3.05) is 0 Å². The van der Waals surface area contributed by atoms with Gasteiger partial charge in [0, 0.05) is 5.56 Å². The highest BCUT2D eigenvalue weighted by atomic mass is 19.4. The first-order valence-corrected chi connectivity index (χ1v) is 6.83.